The molecule has 5 atom stereocenters. The maximum atomic E-state index is 11.1. The van der Waals surface area contributed by atoms with Crippen molar-refractivity contribution >= 4 is 15.1 Å². The van der Waals surface area contributed by atoms with Crippen LogP contribution in [0.3, 0.4) is 0 Å². The Labute approximate surface area is 159 Å². The second-order valence-corrected chi connectivity index (χ2v) is 9.34. The molecule has 2 aliphatic rings. The van der Waals surface area contributed by atoms with Crippen molar-refractivity contribution < 1.29 is 5.11 Å². The minimum Gasteiger partial charge on any atom is -0.393 e. The van der Waals surface area contributed by atoms with E-state index in [1.165, 1.54) is 83.3 Å². The van der Waals surface area contributed by atoms with Crippen molar-refractivity contribution in [3.8, 4) is 0 Å². The number of fused-ring (bicyclic) bond motifs is 2. The van der Waals surface area contributed by atoms with Gasteiger partial charge in [-0.3, -0.25) is 0 Å². The van der Waals surface area contributed by atoms with Gasteiger partial charge < -0.3 is 5.11 Å². The fourth-order valence-corrected chi connectivity index (χ4v) is 5.23. The quantitative estimate of drug-likeness (QED) is 0.519. The van der Waals surface area contributed by atoms with Crippen molar-refractivity contribution in [2.24, 2.45) is 17.8 Å². The van der Waals surface area contributed by atoms with Gasteiger partial charge in [0.15, 0.2) is 0 Å². The van der Waals surface area contributed by atoms with Crippen molar-refractivity contribution in [1.29, 1.82) is 0 Å². The van der Waals surface area contributed by atoms with Crippen LogP contribution in [0.4, 0.5) is 0 Å². The first kappa shape index (κ1) is 21.4. The molecule has 1 aliphatic heterocycles. The Morgan fingerprint density at radius 3 is 2.00 bits per heavy atom. The fraction of sp³-hybridized carbons (Fsp3) is 1.00. The van der Waals surface area contributed by atoms with Gasteiger partial charge in [0.1, 0.15) is 7.28 Å². The number of hydrogen-bond acceptors (Lipinski definition) is 1. The van der Waals surface area contributed by atoms with Gasteiger partial charge in [0.2, 0.25) is 0 Å². The van der Waals surface area contributed by atoms with Crippen LogP contribution in [0.1, 0.15) is 97.3 Å². The van der Waals surface area contributed by atoms with E-state index in [-0.39, 0.29) is 17.3 Å². The zero-order chi connectivity index (χ0) is 18.1. The van der Waals surface area contributed by atoms with Crippen LogP contribution >= 0.6 is 0 Å². The largest absolute Gasteiger partial charge is 0.393 e. The Morgan fingerprint density at radius 2 is 1.36 bits per heavy atom. The third kappa shape index (κ3) is 6.64. The third-order valence-corrected chi connectivity index (χ3v) is 7.32. The van der Waals surface area contributed by atoms with E-state index in [0.717, 1.165) is 12.8 Å². The molecule has 2 bridgehead atoms. The molecule has 0 aromatic heterocycles. The summed E-state index contributed by atoms with van der Waals surface area (Å²) in [6, 6.07) is 0. The van der Waals surface area contributed by atoms with E-state index in [2.05, 4.69) is 21.1 Å². The van der Waals surface area contributed by atoms with Gasteiger partial charge >= 0.3 is 0 Å². The van der Waals surface area contributed by atoms with E-state index >= 15 is 0 Å². The first-order valence-electron chi connectivity index (χ1n) is 11.3. The Bertz CT molecular complexity index is 358. The van der Waals surface area contributed by atoms with Crippen molar-refractivity contribution in [2.45, 2.75) is 121 Å². The summed E-state index contributed by atoms with van der Waals surface area (Å²) in [6.45, 7) is 4.51. The van der Waals surface area contributed by atoms with Crippen LogP contribution in [0.5, 0.6) is 0 Å². The van der Waals surface area contributed by atoms with Gasteiger partial charge in [0.05, 0.1) is 14.0 Å². The molecular formula is C22H41B2O. The molecule has 5 unspecified atom stereocenters. The Hall–Kier alpha value is 0.0899. The molecule has 0 spiro atoms. The Morgan fingerprint density at radius 1 is 0.840 bits per heavy atom. The van der Waals surface area contributed by atoms with Crippen LogP contribution < -0.4 is 0 Å². The van der Waals surface area contributed by atoms with E-state index in [1.54, 1.807) is 0 Å². The molecule has 1 saturated carbocycles. The molecule has 3 radical (unpaired) electrons. The van der Waals surface area contributed by atoms with E-state index in [4.69, 9.17) is 7.85 Å². The molecule has 1 aliphatic carbocycles. The highest BCUT2D eigenvalue weighted by Crippen LogP contribution is 2.53. The molecule has 0 amide bonds. The highest BCUT2D eigenvalue weighted by molar-refractivity contribution is 6.35. The standard InChI is InChI=1S/C22H41B2O/c1-18-17-19-13-9-5-3-7-11-15-24-16-12-8-4-6-10-14-20(21(19)25)22(18,2)23/h18-21,25H,3-17H2,1-2H3. The molecule has 3 heteroatoms. The summed E-state index contributed by atoms with van der Waals surface area (Å²) in [5, 5.41) is 10.8. The van der Waals surface area contributed by atoms with Crippen LogP contribution in [0.2, 0.25) is 18.0 Å². The van der Waals surface area contributed by atoms with Crippen LogP contribution in [0, 0.1) is 17.8 Å². The van der Waals surface area contributed by atoms with Gasteiger partial charge in [-0.15, -0.1) is 0 Å². The summed E-state index contributed by atoms with van der Waals surface area (Å²) in [5.74, 6) is 1.28. The second-order valence-electron chi connectivity index (χ2n) is 9.34. The van der Waals surface area contributed by atoms with Crippen molar-refractivity contribution in [3.63, 3.8) is 0 Å². The number of aliphatic hydroxyl groups is 1. The van der Waals surface area contributed by atoms with Crippen LogP contribution in [0.25, 0.3) is 0 Å². The van der Waals surface area contributed by atoms with Crippen LogP contribution in [0.15, 0.2) is 0 Å². The van der Waals surface area contributed by atoms with Gasteiger partial charge in [-0.05, 0) is 37.0 Å². The minimum atomic E-state index is -0.203. The maximum absolute atomic E-state index is 11.1. The number of rotatable bonds is 0. The van der Waals surface area contributed by atoms with Gasteiger partial charge in [-0.25, -0.2) is 0 Å². The predicted octanol–water partition coefficient (Wildman–Crippen LogP) is 6.20. The monoisotopic (exact) mass is 343 g/mol. The van der Waals surface area contributed by atoms with Crippen molar-refractivity contribution in [1.82, 2.24) is 0 Å². The average Bonchev–Trinajstić information content (AvgIpc) is 2.57. The molecule has 0 aromatic carbocycles. The van der Waals surface area contributed by atoms with Crippen LogP contribution in [-0.4, -0.2) is 26.3 Å². The maximum Gasteiger partial charge on any atom is 0.109 e. The third-order valence-electron chi connectivity index (χ3n) is 7.32. The lowest BCUT2D eigenvalue weighted by Gasteiger charge is -2.51. The summed E-state index contributed by atoms with van der Waals surface area (Å²) in [4.78, 5) is 0. The minimum absolute atomic E-state index is 0.181. The van der Waals surface area contributed by atoms with Gasteiger partial charge in [0.25, 0.3) is 0 Å². The highest BCUT2D eigenvalue weighted by Gasteiger charge is 2.45. The normalized spacial score (nSPS) is 40.4. The summed E-state index contributed by atoms with van der Waals surface area (Å²) >= 11 is 0. The molecule has 1 saturated heterocycles. The molecule has 2 fully saturated rings. The number of aliphatic hydroxyl groups excluding tert-OH is 1. The van der Waals surface area contributed by atoms with E-state index in [9.17, 15) is 5.11 Å². The van der Waals surface area contributed by atoms with E-state index < -0.39 is 0 Å². The topological polar surface area (TPSA) is 20.2 Å². The first-order chi connectivity index (χ1) is 12.0. The molecule has 1 nitrogen and oxygen atoms in total. The van der Waals surface area contributed by atoms with E-state index in [0.29, 0.717) is 11.8 Å². The average molecular weight is 343 g/mol. The van der Waals surface area contributed by atoms with Gasteiger partial charge in [0, 0.05) is 0 Å². The Kier molecular flexibility index (Phi) is 9.46. The van der Waals surface area contributed by atoms with E-state index in [1.807, 2.05) is 0 Å². The second kappa shape index (κ2) is 11.1. The Balaban J connectivity index is 1.91. The molecular weight excluding hydrogens is 302 g/mol. The molecule has 0 aromatic rings. The summed E-state index contributed by atoms with van der Waals surface area (Å²) in [6.07, 6.45) is 19.2. The SMILES string of the molecule is [B]C1(C)C(C)CC2CCCCCCC[B]CCCCCCCC1C2O. The molecule has 141 valence electrons. The van der Waals surface area contributed by atoms with Crippen LogP contribution in [-0.2, 0) is 0 Å². The summed E-state index contributed by atoms with van der Waals surface area (Å²) in [7, 11) is 9.24. The zero-order valence-corrected chi connectivity index (χ0v) is 17.0. The van der Waals surface area contributed by atoms with Gasteiger partial charge in [-0.1, -0.05) is 96.0 Å². The lowest BCUT2D eigenvalue weighted by molar-refractivity contribution is -0.0339. The fourth-order valence-electron chi connectivity index (χ4n) is 5.23. The lowest BCUT2D eigenvalue weighted by atomic mass is 9.47. The number of hydrogen-bond donors (Lipinski definition) is 1. The molecule has 2 rings (SSSR count). The van der Waals surface area contributed by atoms with Gasteiger partial charge in [-0.2, -0.15) is 0 Å². The lowest BCUT2D eigenvalue weighted by Crippen LogP contribution is -2.46. The molecule has 25 heavy (non-hydrogen) atoms. The highest BCUT2D eigenvalue weighted by atomic mass is 16.3. The summed E-state index contributed by atoms with van der Waals surface area (Å²) in [5.41, 5.74) is 0. The smallest absolute Gasteiger partial charge is 0.109 e. The van der Waals surface area contributed by atoms with Crippen molar-refractivity contribution in [3.05, 3.63) is 0 Å². The predicted molar refractivity (Wildman–Crippen MR) is 112 cm³/mol. The molecule has 1 N–H and O–H groups in total. The zero-order valence-electron chi connectivity index (χ0n) is 17.0. The van der Waals surface area contributed by atoms with Crippen molar-refractivity contribution in [2.75, 3.05) is 0 Å². The summed E-state index contributed by atoms with van der Waals surface area (Å²) < 4.78 is 0. The first-order valence-corrected chi connectivity index (χ1v) is 11.3. The molecule has 1 heterocycles.